The highest BCUT2D eigenvalue weighted by atomic mass is 19.4. The molecule has 0 atom stereocenters. The van der Waals surface area contributed by atoms with Crippen molar-refractivity contribution in [1.82, 2.24) is 0 Å². The molecule has 2 aromatic rings. The van der Waals surface area contributed by atoms with Gasteiger partial charge in [-0.25, -0.2) is 8.78 Å². The quantitative estimate of drug-likeness (QED) is 0.730. The summed E-state index contributed by atoms with van der Waals surface area (Å²) in [6.45, 7) is 0. The molecule has 0 fully saturated rings. The van der Waals surface area contributed by atoms with E-state index in [1.165, 1.54) is 31.4 Å². The molecule has 0 aromatic heterocycles. The first-order valence-corrected chi connectivity index (χ1v) is 5.54. The van der Waals surface area contributed by atoms with Crippen LogP contribution in [0.3, 0.4) is 0 Å². The average molecular weight is 288 g/mol. The summed E-state index contributed by atoms with van der Waals surface area (Å²) >= 11 is 0. The summed E-state index contributed by atoms with van der Waals surface area (Å²) in [5, 5.41) is 0. The minimum atomic E-state index is -4.93. The van der Waals surface area contributed by atoms with Gasteiger partial charge in [0, 0.05) is 5.56 Å². The van der Waals surface area contributed by atoms with E-state index < -0.39 is 23.4 Å². The topological polar surface area (TPSA) is 9.23 Å². The van der Waals surface area contributed by atoms with E-state index in [9.17, 15) is 22.0 Å². The second kappa shape index (κ2) is 5.11. The zero-order valence-corrected chi connectivity index (χ0v) is 10.3. The number of ether oxygens (including phenoxy) is 1. The molecule has 0 spiro atoms. The van der Waals surface area contributed by atoms with Gasteiger partial charge in [0.15, 0.2) is 11.6 Å². The van der Waals surface area contributed by atoms with Crippen LogP contribution in [0.5, 0.6) is 5.75 Å². The van der Waals surface area contributed by atoms with Gasteiger partial charge in [-0.3, -0.25) is 0 Å². The number of hydrogen-bond acceptors (Lipinski definition) is 1. The summed E-state index contributed by atoms with van der Waals surface area (Å²) < 4.78 is 69.4. The SMILES string of the molecule is COc1ccc(-c2ccc(C(F)(F)F)c(F)c2F)cc1. The fraction of sp³-hybridized carbons (Fsp3) is 0.143. The number of rotatable bonds is 2. The van der Waals surface area contributed by atoms with Gasteiger partial charge in [0.05, 0.1) is 12.7 Å². The summed E-state index contributed by atoms with van der Waals surface area (Å²) in [5.74, 6) is -2.92. The first kappa shape index (κ1) is 14.3. The van der Waals surface area contributed by atoms with Gasteiger partial charge in [-0.1, -0.05) is 18.2 Å². The van der Waals surface area contributed by atoms with Crippen molar-refractivity contribution in [3.05, 3.63) is 53.6 Å². The molecule has 0 unspecified atom stereocenters. The minimum Gasteiger partial charge on any atom is -0.497 e. The lowest BCUT2D eigenvalue weighted by molar-refractivity contribution is -0.140. The monoisotopic (exact) mass is 288 g/mol. The normalized spacial score (nSPS) is 11.5. The fourth-order valence-corrected chi connectivity index (χ4v) is 1.76. The van der Waals surface area contributed by atoms with E-state index >= 15 is 0 Å². The summed E-state index contributed by atoms with van der Waals surface area (Å²) in [4.78, 5) is 0. The third kappa shape index (κ3) is 2.59. The largest absolute Gasteiger partial charge is 0.497 e. The summed E-state index contributed by atoms with van der Waals surface area (Å²) in [5.41, 5.74) is -1.60. The Hall–Kier alpha value is -2.11. The Bertz CT molecular complexity index is 617. The van der Waals surface area contributed by atoms with Crippen LogP contribution in [0.1, 0.15) is 5.56 Å². The van der Waals surface area contributed by atoms with Crippen molar-refractivity contribution in [2.24, 2.45) is 0 Å². The van der Waals surface area contributed by atoms with Gasteiger partial charge in [0.2, 0.25) is 0 Å². The van der Waals surface area contributed by atoms with Gasteiger partial charge in [-0.15, -0.1) is 0 Å². The number of benzene rings is 2. The van der Waals surface area contributed by atoms with Crippen LogP contribution in [-0.2, 0) is 6.18 Å². The van der Waals surface area contributed by atoms with Crippen molar-refractivity contribution in [3.8, 4) is 16.9 Å². The predicted molar refractivity (Wildman–Crippen MR) is 63.3 cm³/mol. The van der Waals surface area contributed by atoms with Crippen molar-refractivity contribution in [2.75, 3.05) is 7.11 Å². The van der Waals surface area contributed by atoms with Gasteiger partial charge < -0.3 is 4.74 Å². The Kier molecular flexibility index (Phi) is 3.65. The first-order chi connectivity index (χ1) is 9.34. The van der Waals surface area contributed by atoms with Crippen LogP contribution < -0.4 is 4.74 Å². The van der Waals surface area contributed by atoms with Crippen LogP contribution in [0, 0.1) is 11.6 Å². The number of halogens is 5. The molecule has 6 heteroatoms. The van der Waals surface area contributed by atoms with Gasteiger partial charge in [-0.2, -0.15) is 13.2 Å². The van der Waals surface area contributed by atoms with E-state index in [1.54, 1.807) is 0 Å². The van der Waals surface area contributed by atoms with E-state index in [2.05, 4.69) is 0 Å². The molecule has 1 nitrogen and oxygen atoms in total. The van der Waals surface area contributed by atoms with Crippen molar-refractivity contribution >= 4 is 0 Å². The van der Waals surface area contributed by atoms with Crippen molar-refractivity contribution in [2.45, 2.75) is 6.18 Å². The second-order valence-electron chi connectivity index (χ2n) is 4.01. The standard InChI is InChI=1S/C14H9F5O/c1-20-9-4-2-8(3-5-9)10-6-7-11(14(17,18)19)13(16)12(10)15/h2-7H,1H3. The molecule has 106 valence electrons. The smallest absolute Gasteiger partial charge is 0.419 e. The zero-order valence-electron chi connectivity index (χ0n) is 10.3. The Balaban J connectivity index is 2.50. The van der Waals surface area contributed by atoms with Crippen molar-refractivity contribution < 1.29 is 26.7 Å². The maximum atomic E-state index is 13.8. The van der Waals surface area contributed by atoms with E-state index in [-0.39, 0.29) is 11.1 Å². The van der Waals surface area contributed by atoms with Crippen LogP contribution in [0.25, 0.3) is 11.1 Å². The van der Waals surface area contributed by atoms with Crippen molar-refractivity contribution in [1.29, 1.82) is 0 Å². The highest BCUT2D eigenvalue weighted by molar-refractivity contribution is 5.65. The lowest BCUT2D eigenvalue weighted by Crippen LogP contribution is -2.10. The van der Waals surface area contributed by atoms with Gasteiger partial charge in [-0.05, 0) is 23.8 Å². The van der Waals surface area contributed by atoms with E-state index in [0.717, 1.165) is 6.07 Å². The molecule has 0 aliphatic carbocycles. The van der Waals surface area contributed by atoms with Gasteiger partial charge in [0.1, 0.15) is 5.75 Å². The summed E-state index contributed by atoms with van der Waals surface area (Å²) in [6.07, 6.45) is -4.93. The maximum absolute atomic E-state index is 13.8. The average Bonchev–Trinajstić information content (AvgIpc) is 2.40. The summed E-state index contributed by atoms with van der Waals surface area (Å²) in [7, 11) is 1.44. The Morgan fingerprint density at radius 2 is 1.45 bits per heavy atom. The van der Waals surface area contributed by atoms with E-state index in [1.807, 2.05) is 0 Å². The molecular weight excluding hydrogens is 279 g/mol. The number of methoxy groups -OCH3 is 1. The maximum Gasteiger partial charge on any atom is 0.419 e. The minimum absolute atomic E-state index is 0.238. The fourth-order valence-electron chi connectivity index (χ4n) is 1.76. The molecule has 0 radical (unpaired) electrons. The summed E-state index contributed by atoms with van der Waals surface area (Å²) in [6, 6.07) is 7.31. The third-order valence-corrected chi connectivity index (χ3v) is 2.79. The van der Waals surface area contributed by atoms with Gasteiger partial charge >= 0.3 is 6.18 Å². The lowest BCUT2D eigenvalue weighted by atomic mass is 10.0. The molecule has 20 heavy (non-hydrogen) atoms. The number of alkyl halides is 3. The molecule has 0 N–H and O–H groups in total. The van der Waals surface area contributed by atoms with E-state index in [0.29, 0.717) is 11.8 Å². The second-order valence-corrected chi connectivity index (χ2v) is 4.01. The molecule has 0 heterocycles. The molecule has 2 rings (SSSR count). The zero-order chi connectivity index (χ0) is 14.9. The highest BCUT2D eigenvalue weighted by Crippen LogP contribution is 2.35. The van der Waals surface area contributed by atoms with Crippen LogP contribution in [0.4, 0.5) is 22.0 Å². The predicted octanol–water partition coefficient (Wildman–Crippen LogP) is 4.66. The Morgan fingerprint density at radius 3 is 1.95 bits per heavy atom. The van der Waals surface area contributed by atoms with Crippen LogP contribution >= 0.6 is 0 Å². The van der Waals surface area contributed by atoms with Crippen molar-refractivity contribution in [3.63, 3.8) is 0 Å². The molecule has 0 saturated heterocycles. The number of hydrogen-bond donors (Lipinski definition) is 0. The molecule has 0 saturated carbocycles. The molecule has 0 aliphatic rings. The Labute approximate surface area is 111 Å². The van der Waals surface area contributed by atoms with Gasteiger partial charge in [0.25, 0.3) is 0 Å². The first-order valence-electron chi connectivity index (χ1n) is 5.54. The molecule has 0 aliphatic heterocycles. The van der Waals surface area contributed by atoms with Crippen LogP contribution in [0.15, 0.2) is 36.4 Å². The third-order valence-electron chi connectivity index (χ3n) is 2.79. The molecule has 2 aromatic carbocycles. The van der Waals surface area contributed by atoms with Crippen LogP contribution in [0.2, 0.25) is 0 Å². The van der Waals surface area contributed by atoms with Crippen LogP contribution in [-0.4, -0.2) is 7.11 Å². The van der Waals surface area contributed by atoms with E-state index in [4.69, 9.17) is 4.74 Å². The molecule has 0 bridgehead atoms. The Morgan fingerprint density at radius 1 is 0.850 bits per heavy atom. The molecule has 0 amide bonds. The lowest BCUT2D eigenvalue weighted by Gasteiger charge is -2.11. The molecular formula is C14H9F5O. The highest BCUT2D eigenvalue weighted by Gasteiger charge is 2.36.